The number of hydrogen-bond acceptors (Lipinski definition) is 6. The smallest absolute Gasteiger partial charge is 0.230 e. The summed E-state index contributed by atoms with van der Waals surface area (Å²) in [7, 11) is 0. The van der Waals surface area contributed by atoms with Gasteiger partial charge < -0.3 is 5.32 Å². The molecule has 2 heterocycles. The fourth-order valence-electron chi connectivity index (χ4n) is 3.35. The lowest BCUT2D eigenvalue weighted by Crippen LogP contribution is -2.33. The molecule has 8 heteroatoms. The molecule has 0 saturated heterocycles. The van der Waals surface area contributed by atoms with Crippen LogP contribution in [0.4, 0.5) is 0 Å². The maximum Gasteiger partial charge on any atom is 0.230 e. The molecule has 2 aromatic heterocycles. The summed E-state index contributed by atoms with van der Waals surface area (Å²) in [6.07, 6.45) is 7.21. The van der Waals surface area contributed by atoms with Gasteiger partial charge in [0.1, 0.15) is 0 Å². The van der Waals surface area contributed by atoms with Crippen LogP contribution in [0.3, 0.4) is 0 Å². The number of tetrazole rings is 1. The Hall–Kier alpha value is -1.41. The van der Waals surface area contributed by atoms with Gasteiger partial charge in [-0.25, -0.2) is 4.68 Å². The lowest BCUT2D eigenvalue weighted by Gasteiger charge is -2.23. The van der Waals surface area contributed by atoms with Crippen LogP contribution in [-0.4, -0.2) is 31.9 Å². The SMILES string of the molecule is O=C(CSc1nnnn1C1CC1)N[C@H](c1cccs1)C1CCCC1. The first-order valence-corrected chi connectivity index (χ1v) is 10.4. The molecule has 0 radical (unpaired) electrons. The van der Waals surface area contributed by atoms with Crippen molar-refractivity contribution in [2.45, 2.75) is 55.8 Å². The third-order valence-corrected chi connectivity index (χ3v) is 6.61. The molecule has 24 heavy (non-hydrogen) atoms. The van der Waals surface area contributed by atoms with Crippen LogP contribution >= 0.6 is 23.1 Å². The monoisotopic (exact) mass is 363 g/mol. The fraction of sp³-hybridized carbons (Fsp3) is 0.625. The van der Waals surface area contributed by atoms with Crippen LogP contribution in [0.1, 0.15) is 55.5 Å². The molecule has 2 aromatic rings. The number of carbonyl (C=O) groups is 1. The van der Waals surface area contributed by atoms with Gasteiger partial charge >= 0.3 is 0 Å². The predicted octanol–water partition coefficient (Wildman–Crippen LogP) is 3.21. The van der Waals surface area contributed by atoms with Crippen molar-refractivity contribution in [3.05, 3.63) is 22.4 Å². The summed E-state index contributed by atoms with van der Waals surface area (Å²) >= 11 is 3.16. The third kappa shape index (κ3) is 3.64. The van der Waals surface area contributed by atoms with Crippen molar-refractivity contribution in [2.24, 2.45) is 5.92 Å². The molecule has 2 aliphatic rings. The number of aromatic nitrogens is 4. The summed E-state index contributed by atoms with van der Waals surface area (Å²) in [6.45, 7) is 0. The molecular weight excluding hydrogens is 342 g/mol. The average Bonchev–Trinajstić information content (AvgIpc) is 3.08. The van der Waals surface area contributed by atoms with Crippen LogP contribution in [0.5, 0.6) is 0 Å². The second-order valence-electron chi connectivity index (χ2n) is 6.53. The number of rotatable bonds is 7. The highest BCUT2D eigenvalue weighted by Crippen LogP contribution is 2.38. The van der Waals surface area contributed by atoms with E-state index >= 15 is 0 Å². The zero-order chi connectivity index (χ0) is 16.4. The van der Waals surface area contributed by atoms with Crippen LogP contribution < -0.4 is 5.32 Å². The normalized spacial score (nSPS) is 19.5. The zero-order valence-electron chi connectivity index (χ0n) is 13.4. The van der Waals surface area contributed by atoms with Crippen molar-refractivity contribution in [3.63, 3.8) is 0 Å². The number of amides is 1. The molecule has 1 atom stereocenters. The number of carbonyl (C=O) groups excluding carboxylic acids is 1. The Morgan fingerprint density at radius 1 is 1.38 bits per heavy atom. The van der Waals surface area contributed by atoms with Gasteiger partial charge in [0.2, 0.25) is 11.1 Å². The van der Waals surface area contributed by atoms with E-state index in [0.29, 0.717) is 17.7 Å². The summed E-state index contributed by atoms with van der Waals surface area (Å²) in [4.78, 5) is 13.8. The summed E-state index contributed by atoms with van der Waals surface area (Å²) < 4.78 is 1.85. The Bertz CT molecular complexity index is 676. The van der Waals surface area contributed by atoms with Gasteiger partial charge in [0.15, 0.2) is 0 Å². The number of thiophene rings is 1. The standard InChI is InChI=1S/C16H21N5OS2/c22-14(10-24-16-18-19-20-21(16)12-7-8-12)17-15(11-4-1-2-5-11)13-6-3-9-23-13/h3,6,9,11-12,15H,1-2,4-5,7-8,10H2,(H,17,22)/t15-/m0/s1. The highest BCUT2D eigenvalue weighted by atomic mass is 32.2. The second-order valence-corrected chi connectivity index (χ2v) is 8.45. The molecule has 6 nitrogen and oxygen atoms in total. The van der Waals surface area contributed by atoms with E-state index in [9.17, 15) is 4.79 Å². The minimum atomic E-state index is 0.0654. The van der Waals surface area contributed by atoms with Crippen molar-refractivity contribution in [1.29, 1.82) is 0 Å². The van der Waals surface area contributed by atoms with E-state index in [4.69, 9.17) is 0 Å². The van der Waals surface area contributed by atoms with Gasteiger partial charge in [-0.15, -0.1) is 16.4 Å². The van der Waals surface area contributed by atoms with Crippen molar-refractivity contribution in [3.8, 4) is 0 Å². The van der Waals surface area contributed by atoms with Gasteiger partial charge in [0, 0.05) is 4.88 Å². The van der Waals surface area contributed by atoms with E-state index in [1.807, 2.05) is 4.68 Å². The van der Waals surface area contributed by atoms with Crippen molar-refractivity contribution in [1.82, 2.24) is 25.5 Å². The lowest BCUT2D eigenvalue weighted by atomic mass is 9.97. The van der Waals surface area contributed by atoms with E-state index in [-0.39, 0.29) is 11.9 Å². The molecule has 2 saturated carbocycles. The van der Waals surface area contributed by atoms with Crippen LogP contribution in [0.15, 0.2) is 22.7 Å². The Labute approximate surface area is 149 Å². The van der Waals surface area contributed by atoms with Crippen molar-refractivity contribution >= 4 is 29.0 Å². The molecule has 4 rings (SSSR count). The molecular formula is C16H21N5OS2. The fourth-order valence-corrected chi connectivity index (χ4v) is 4.98. The first-order valence-electron chi connectivity index (χ1n) is 8.54. The molecule has 0 spiro atoms. The number of nitrogens with zero attached hydrogens (tertiary/aromatic N) is 4. The predicted molar refractivity (Wildman–Crippen MR) is 94.0 cm³/mol. The number of nitrogens with one attached hydrogen (secondary N) is 1. The topological polar surface area (TPSA) is 72.7 Å². The Morgan fingerprint density at radius 3 is 2.92 bits per heavy atom. The van der Waals surface area contributed by atoms with Gasteiger partial charge in [0.05, 0.1) is 17.8 Å². The van der Waals surface area contributed by atoms with E-state index in [1.54, 1.807) is 11.3 Å². The van der Waals surface area contributed by atoms with Gasteiger partial charge in [0.25, 0.3) is 0 Å². The van der Waals surface area contributed by atoms with Gasteiger partial charge in [-0.05, 0) is 53.5 Å². The molecule has 2 fully saturated rings. The summed E-state index contributed by atoms with van der Waals surface area (Å²) in [6, 6.07) is 4.78. The Balaban J connectivity index is 1.37. The van der Waals surface area contributed by atoms with Gasteiger partial charge in [-0.1, -0.05) is 30.7 Å². The van der Waals surface area contributed by atoms with Crippen LogP contribution in [0.2, 0.25) is 0 Å². The average molecular weight is 364 g/mol. The molecule has 1 N–H and O–H groups in total. The van der Waals surface area contributed by atoms with Crippen LogP contribution in [0.25, 0.3) is 0 Å². The number of thioether (sulfide) groups is 1. The van der Waals surface area contributed by atoms with Gasteiger partial charge in [-0.2, -0.15) is 0 Å². The first kappa shape index (κ1) is 16.1. The summed E-state index contributed by atoms with van der Waals surface area (Å²) in [5.41, 5.74) is 0. The van der Waals surface area contributed by atoms with E-state index < -0.39 is 0 Å². The summed E-state index contributed by atoms with van der Waals surface area (Å²) in [5.74, 6) is 0.992. The van der Waals surface area contributed by atoms with Crippen molar-refractivity contribution < 1.29 is 4.79 Å². The molecule has 1 amide bonds. The Morgan fingerprint density at radius 2 is 2.21 bits per heavy atom. The van der Waals surface area contributed by atoms with E-state index in [1.165, 1.54) is 42.3 Å². The van der Waals surface area contributed by atoms with E-state index in [0.717, 1.165) is 18.0 Å². The largest absolute Gasteiger partial charge is 0.347 e. The van der Waals surface area contributed by atoms with Crippen LogP contribution in [-0.2, 0) is 4.79 Å². The second kappa shape index (κ2) is 7.23. The minimum absolute atomic E-state index is 0.0654. The first-order chi connectivity index (χ1) is 11.8. The maximum atomic E-state index is 12.5. The number of hydrogen-bond donors (Lipinski definition) is 1. The van der Waals surface area contributed by atoms with Gasteiger partial charge in [-0.3, -0.25) is 4.79 Å². The quantitative estimate of drug-likeness (QED) is 0.765. The Kier molecular flexibility index (Phi) is 4.84. The van der Waals surface area contributed by atoms with Crippen LogP contribution in [0, 0.1) is 5.92 Å². The maximum absolute atomic E-state index is 12.5. The minimum Gasteiger partial charge on any atom is -0.347 e. The molecule has 2 aliphatic carbocycles. The van der Waals surface area contributed by atoms with Crippen molar-refractivity contribution in [2.75, 3.05) is 5.75 Å². The highest BCUT2D eigenvalue weighted by Gasteiger charge is 2.30. The molecule has 128 valence electrons. The van der Waals surface area contributed by atoms with E-state index in [2.05, 4.69) is 38.4 Å². The zero-order valence-corrected chi connectivity index (χ0v) is 15.1. The third-order valence-electron chi connectivity index (χ3n) is 4.73. The summed E-state index contributed by atoms with van der Waals surface area (Å²) in [5, 5.41) is 17.9. The molecule has 0 aromatic carbocycles. The highest BCUT2D eigenvalue weighted by molar-refractivity contribution is 7.99. The molecule has 0 aliphatic heterocycles. The molecule has 0 bridgehead atoms. The molecule has 0 unspecified atom stereocenters. The lowest BCUT2D eigenvalue weighted by molar-refractivity contribution is -0.119.